The van der Waals surface area contributed by atoms with E-state index in [2.05, 4.69) is 20.6 Å². The van der Waals surface area contributed by atoms with Crippen molar-refractivity contribution in [3.8, 4) is 22.5 Å². The lowest BCUT2D eigenvalue weighted by molar-refractivity contribution is 0.0897. The zero-order chi connectivity index (χ0) is 23.4. The number of carbonyl (C=O) groups is 1. The van der Waals surface area contributed by atoms with Crippen molar-refractivity contribution < 1.29 is 4.79 Å². The minimum atomic E-state index is -0.380. The van der Waals surface area contributed by atoms with Crippen LogP contribution in [0, 0.1) is 0 Å². The van der Waals surface area contributed by atoms with Gasteiger partial charge in [0.25, 0.3) is 0 Å². The summed E-state index contributed by atoms with van der Waals surface area (Å²) in [6.45, 7) is 4.26. The molecule has 8 nitrogen and oxygen atoms in total. The van der Waals surface area contributed by atoms with E-state index in [1.54, 1.807) is 4.57 Å². The molecule has 0 atom stereocenters. The Morgan fingerprint density at radius 1 is 1.03 bits per heavy atom. The summed E-state index contributed by atoms with van der Waals surface area (Å²) >= 11 is 6.48. The molecule has 0 saturated heterocycles. The van der Waals surface area contributed by atoms with E-state index in [4.69, 9.17) is 11.6 Å². The van der Waals surface area contributed by atoms with E-state index in [1.807, 2.05) is 62.4 Å². The monoisotopic (exact) mass is 464 g/mol. The molecule has 0 aliphatic carbocycles. The third-order valence-electron chi connectivity index (χ3n) is 5.52. The van der Waals surface area contributed by atoms with Crippen molar-refractivity contribution in [2.45, 2.75) is 46.1 Å². The number of nitrogens with one attached hydrogen (secondary N) is 1. The van der Waals surface area contributed by atoms with Crippen LogP contribution >= 0.6 is 11.6 Å². The van der Waals surface area contributed by atoms with Crippen LogP contribution in [0.25, 0.3) is 22.5 Å². The number of tetrazole rings is 1. The standard InChI is InChI=1S/C24H25ClN6O2/c1-3-7-20-22(25)31(21(32)8-4-2)24(33)30(20)15-16-11-13-17(14-12-16)18-9-5-6-10-19(18)23-26-28-29-27-23/h5-6,9-14H,3-4,7-8,15H2,1-2H3,(H,26,27,28,29). The van der Waals surface area contributed by atoms with E-state index in [1.165, 1.54) is 0 Å². The second kappa shape index (κ2) is 9.95. The largest absolute Gasteiger partial charge is 0.336 e. The van der Waals surface area contributed by atoms with E-state index in [9.17, 15) is 9.59 Å². The molecule has 0 unspecified atom stereocenters. The summed E-state index contributed by atoms with van der Waals surface area (Å²) in [5.74, 6) is 0.329. The van der Waals surface area contributed by atoms with E-state index in [-0.39, 0.29) is 23.2 Å². The SMILES string of the molecule is CCCC(=O)n1c(Cl)c(CCC)n(Cc2ccc(-c3ccccc3-c3nnn[nH]3)cc2)c1=O. The first kappa shape index (κ1) is 22.7. The minimum absolute atomic E-state index is 0.228. The van der Waals surface area contributed by atoms with Gasteiger partial charge in [0.2, 0.25) is 5.91 Å². The molecule has 4 rings (SSSR count). The van der Waals surface area contributed by atoms with Gasteiger partial charge in [0, 0.05) is 12.0 Å². The average molecular weight is 465 g/mol. The van der Waals surface area contributed by atoms with Crippen molar-refractivity contribution in [2.75, 3.05) is 0 Å². The average Bonchev–Trinajstić information content (AvgIpc) is 3.43. The Kier molecular flexibility index (Phi) is 6.84. The number of hydrogen-bond acceptors (Lipinski definition) is 5. The van der Waals surface area contributed by atoms with Crippen LogP contribution in [0.15, 0.2) is 53.3 Å². The Morgan fingerprint density at radius 2 is 1.76 bits per heavy atom. The van der Waals surface area contributed by atoms with Crippen molar-refractivity contribution in [3.63, 3.8) is 0 Å². The molecule has 0 fully saturated rings. The Morgan fingerprint density at radius 3 is 2.39 bits per heavy atom. The number of H-pyrrole nitrogens is 1. The maximum atomic E-state index is 13.1. The Bertz CT molecular complexity index is 1310. The zero-order valence-electron chi connectivity index (χ0n) is 18.6. The second-order valence-corrected chi connectivity index (χ2v) is 8.19. The van der Waals surface area contributed by atoms with Crippen molar-refractivity contribution in [1.29, 1.82) is 0 Å². The van der Waals surface area contributed by atoms with Gasteiger partial charge in [0.15, 0.2) is 5.82 Å². The smallest absolute Gasteiger partial charge is 0.290 e. The minimum Gasteiger partial charge on any atom is -0.290 e. The highest BCUT2D eigenvalue weighted by atomic mass is 35.5. The third-order valence-corrected chi connectivity index (χ3v) is 5.90. The fourth-order valence-corrected chi connectivity index (χ4v) is 4.29. The van der Waals surface area contributed by atoms with Gasteiger partial charge in [0.1, 0.15) is 5.15 Å². The molecule has 2 aromatic carbocycles. The van der Waals surface area contributed by atoms with Crippen molar-refractivity contribution in [3.05, 3.63) is 75.4 Å². The topological polar surface area (TPSA) is 98.5 Å². The molecule has 33 heavy (non-hydrogen) atoms. The summed E-state index contributed by atoms with van der Waals surface area (Å²) in [5.41, 5.74) is 4.14. The van der Waals surface area contributed by atoms with Crippen molar-refractivity contribution in [2.24, 2.45) is 0 Å². The van der Waals surface area contributed by atoms with Gasteiger partial charge >= 0.3 is 5.69 Å². The lowest BCUT2D eigenvalue weighted by Gasteiger charge is -2.10. The zero-order valence-corrected chi connectivity index (χ0v) is 19.3. The van der Waals surface area contributed by atoms with Gasteiger partial charge in [0.05, 0.1) is 12.2 Å². The predicted molar refractivity (Wildman–Crippen MR) is 127 cm³/mol. The van der Waals surface area contributed by atoms with Gasteiger partial charge in [-0.1, -0.05) is 80.4 Å². The molecule has 0 radical (unpaired) electrons. The highest BCUT2D eigenvalue weighted by Gasteiger charge is 2.22. The number of aromatic amines is 1. The molecule has 9 heteroatoms. The number of nitrogens with zero attached hydrogens (tertiary/aromatic N) is 5. The first-order valence-corrected chi connectivity index (χ1v) is 11.4. The maximum Gasteiger partial charge on any atom is 0.336 e. The Balaban J connectivity index is 1.67. The van der Waals surface area contributed by atoms with Crippen LogP contribution in [0.1, 0.15) is 49.2 Å². The van der Waals surface area contributed by atoms with Gasteiger partial charge in [-0.25, -0.2) is 14.5 Å². The lowest BCUT2D eigenvalue weighted by atomic mass is 9.98. The molecule has 0 aliphatic heterocycles. The molecule has 2 heterocycles. The number of benzene rings is 2. The summed E-state index contributed by atoms with van der Waals surface area (Å²) in [7, 11) is 0. The highest BCUT2D eigenvalue weighted by Crippen LogP contribution is 2.30. The summed E-state index contributed by atoms with van der Waals surface area (Å²) in [4.78, 5) is 25.6. The van der Waals surface area contributed by atoms with Crippen LogP contribution in [0.2, 0.25) is 5.15 Å². The van der Waals surface area contributed by atoms with E-state index < -0.39 is 0 Å². The third kappa shape index (κ3) is 4.52. The van der Waals surface area contributed by atoms with E-state index in [0.29, 0.717) is 30.9 Å². The maximum absolute atomic E-state index is 13.1. The summed E-state index contributed by atoms with van der Waals surface area (Å²) in [6.07, 6.45) is 2.38. The molecule has 1 N–H and O–H groups in total. The summed E-state index contributed by atoms with van der Waals surface area (Å²) < 4.78 is 2.73. The molecular formula is C24H25ClN6O2. The van der Waals surface area contributed by atoms with Gasteiger partial charge in [-0.15, -0.1) is 5.10 Å². The fourth-order valence-electron chi connectivity index (χ4n) is 3.93. The van der Waals surface area contributed by atoms with Crippen molar-refractivity contribution >= 4 is 17.5 Å². The van der Waals surface area contributed by atoms with E-state index in [0.717, 1.165) is 33.2 Å². The van der Waals surface area contributed by atoms with Gasteiger partial charge in [-0.05, 0) is 40.0 Å². The molecule has 0 bridgehead atoms. The van der Waals surface area contributed by atoms with Crippen molar-refractivity contribution in [1.82, 2.24) is 29.8 Å². The molecule has 170 valence electrons. The predicted octanol–water partition coefficient (Wildman–Crippen LogP) is 4.59. The van der Waals surface area contributed by atoms with Gasteiger partial charge in [-0.2, -0.15) is 0 Å². The quantitative estimate of drug-likeness (QED) is 0.411. The van der Waals surface area contributed by atoms with Crippen LogP contribution in [-0.2, 0) is 13.0 Å². The molecule has 0 amide bonds. The summed E-state index contributed by atoms with van der Waals surface area (Å²) in [5, 5.41) is 14.4. The number of aromatic nitrogens is 6. The van der Waals surface area contributed by atoms with Gasteiger partial charge in [-0.3, -0.25) is 9.36 Å². The van der Waals surface area contributed by atoms with Crippen LogP contribution in [0.5, 0.6) is 0 Å². The van der Waals surface area contributed by atoms with Crippen LogP contribution < -0.4 is 5.69 Å². The normalized spacial score (nSPS) is 11.1. The molecule has 0 saturated carbocycles. The molecule has 0 aliphatic rings. The molecule has 2 aromatic heterocycles. The van der Waals surface area contributed by atoms with E-state index >= 15 is 0 Å². The lowest BCUT2D eigenvalue weighted by Crippen LogP contribution is -2.29. The molecular weight excluding hydrogens is 440 g/mol. The molecule has 0 spiro atoms. The van der Waals surface area contributed by atoms with Crippen LogP contribution in [-0.4, -0.2) is 35.7 Å². The second-order valence-electron chi connectivity index (χ2n) is 7.83. The Labute approximate surface area is 196 Å². The first-order chi connectivity index (χ1) is 16.0. The number of imidazole rings is 1. The van der Waals surface area contributed by atoms with Gasteiger partial charge < -0.3 is 0 Å². The number of hydrogen-bond donors (Lipinski definition) is 1. The fraction of sp³-hybridized carbons (Fsp3) is 0.292. The van der Waals surface area contributed by atoms with Crippen LogP contribution in [0.3, 0.4) is 0 Å². The summed E-state index contributed by atoms with van der Waals surface area (Å²) in [6, 6.07) is 15.8. The number of carbonyl (C=O) groups excluding carboxylic acids is 1. The molecule has 4 aromatic rings. The number of halogens is 1. The Hall–Kier alpha value is -3.52. The number of rotatable bonds is 8. The highest BCUT2D eigenvalue weighted by molar-refractivity contribution is 6.31. The van der Waals surface area contributed by atoms with Crippen LogP contribution in [0.4, 0.5) is 0 Å². The first-order valence-electron chi connectivity index (χ1n) is 11.0.